The third kappa shape index (κ3) is 3.03. The summed E-state index contributed by atoms with van der Waals surface area (Å²) in [7, 11) is 0. The van der Waals surface area contributed by atoms with Crippen LogP contribution in [-0.4, -0.2) is 24.6 Å². The van der Waals surface area contributed by atoms with E-state index in [4.69, 9.17) is 9.47 Å². The van der Waals surface area contributed by atoms with Crippen molar-refractivity contribution < 1.29 is 23.9 Å². The second kappa shape index (κ2) is 6.60. The number of benzene rings is 2. The lowest BCUT2D eigenvalue weighted by Gasteiger charge is -2.26. The molecule has 0 bridgehead atoms. The Bertz CT molecular complexity index is 978. The molecule has 2 aliphatic heterocycles. The molecular weight excluding hydrogens is 348 g/mol. The molecule has 136 valence electrons. The van der Waals surface area contributed by atoms with E-state index >= 15 is 0 Å². The zero-order valence-electron chi connectivity index (χ0n) is 14.5. The maximum absolute atomic E-state index is 12.9. The van der Waals surface area contributed by atoms with Crippen LogP contribution in [0.4, 0.5) is 10.5 Å². The predicted octanol–water partition coefficient (Wildman–Crippen LogP) is 2.64. The van der Waals surface area contributed by atoms with E-state index in [2.05, 4.69) is 5.32 Å². The fourth-order valence-corrected chi connectivity index (χ4v) is 2.94. The van der Waals surface area contributed by atoms with E-state index in [-0.39, 0.29) is 12.4 Å². The lowest BCUT2D eigenvalue weighted by molar-refractivity contribution is -0.122. The first-order valence-corrected chi connectivity index (χ1v) is 8.47. The summed E-state index contributed by atoms with van der Waals surface area (Å²) in [5.41, 5.74) is 1.94. The minimum atomic E-state index is -0.767. The van der Waals surface area contributed by atoms with Crippen LogP contribution in [0.1, 0.15) is 18.1 Å². The van der Waals surface area contributed by atoms with Crippen LogP contribution in [0.3, 0.4) is 0 Å². The zero-order chi connectivity index (χ0) is 19.0. The summed E-state index contributed by atoms with van der Waals surface area (Å²) < 4.78 is 10.6. The molecule has 0 aliphatic carbocycles. The highest BCUT2D eigenvalue weighted by atomic mass is 16.7. The van der Waals surface area contributed by atoms with Gasteiger partial charge in [0.05, 0.1) is 5.69 Å². The summed E-state index contributed by atoms with van der Waals surface area (Å²) in [6.45, 7) is 2.14. The quantitative estimate of drug-likeness (QED) is 0.669. The molecule has 1 saturated heterocycles. The van der Waals surface area contributed by atoms with Crippen LogP contribution in [0.15, 0.2) is 48.0 Å². The molecule has 7 heteroatoms. The van der Waals surface area contributed by atoms with E-state index in [1.54, 1.807) is 30.3 Å². The molecule has 2 aliphatic rings. The van der Waals surface area contributed by atoms with E-state index in [0.717, 1.165) is 16.9 Å². The smallest absolute Gasteiger partial charge is 0.335 e. The maximum atomic E-state index is 12.9. The Balaban J connectivity index is 1.69. The Morgan fingerprint density at radius 2 is 1.78 bits per heavy atom. The molecule has 0 radical (unpaired) electrons. The topological polar surface area (TPSA) is 84.9 Å². The third-order valence-corrected chi connectivity index (χ3v) is 4.41. The van der Waals surface area contributed by atoms with Crippen molar-refractivity contribution in [1.29, 1.82) is 0 Å². The van der Waals surface area contributed by atoms with Crippen molar-refractivity contribution in [2.45, 2.75) is 13.3 Å². The third-order valence-electron chi connectivity index (χ3n) is 4.41. The zero-order valence-corrected chi connectivity index (χ0v) is 14.5. The molecule has 1 N–H and O–H groups in total. The molecule has 1 fully saturated rings. The van der Waals surface area contributed by atoms with Gasteiger partial charge in [-0.25, -0.2) is 9.69 Å². The number of imide groups is 2. The first-order chi connectivity index (χ1) is 13.1. The van der Waals surface area contributed by atoms with Crippen LogP contribution in [0.5, 0.6) is 11.5 Å². The van der Waals surface area contributed by atoms with Gasteiger partial charge in [-0.05, 0) is 47.9 Å². The molecule has 2 aromatic rings. The van der Waals surface area contributed by atoms with Gasteiger partial charge in [-0.15, -0.1) is 0 Å². The summed E-state index contributed by atoms with van der Waals surface area (Å²) in [5, 5.41) is 2.21. The molecular formula is C20H16N2O5. The van der Waals surface area contributed by atoms with Gasteiger partial charge in [0.15, 0.2) is 11.5 Å². The SMILES string of the molecule is CCc1ccc(N2C(=O)NC(=O)/C(=C/c3ccc4c(c3)OCO4)C2=O)cc1. The number of carbonyl (C=O) groups excluding carboxylic acids is 3. The monoisotopic (exact) mass is 364 g/mol. The van der Waals surface area contributed by atoms with Crippen molar-refractivity contribution in [3.8, 4) is 11.5 Å². The largest absolute Gasteiger partial charge is 0.454 e. The number of carbonyl (C=O) groups is 3. The number of nitrogens with zero attached hydrogens (tertiary/aromatic N) is 1. The van der Waals surface area contributed by atoms with Crippen LogP contribution in [0, 0.1) is 0 Å². The Hall–Kier alpha value is -3.61. The highest BCUT2D eigenvalue weighted by Crippen LogP contribution is 2.33. The molecule has 4 amide bonds. The van der Waals surface area contributed by atoms with Crippen molar-refractivity contribution in [3.63, 3.8) is 0 Å². The van der Waals surface area contributed by atoms with Gasteiger partial charge >= 0.3 is 6.03 Å². The normalized spacial score (nSPS) is 17.4. The lowest BCUT2D eigenvalue weighted by atomic mass is 10.1. The van der Waals surface area contributed by atoms with Crippen LogP contribution in [-0.2, 0) is 16.0 Å². The van der Waals surface area contributed by atoms with Crippen LogP contribution in [0.2, 0.25) is 0 Å². The van der Waals surface area contributed by atoms with Crippen molar-refractivity contribution >= 4 is 29.6 Å². The fourth-order valence-electron chi connectivity index (χ4n) is 2.94. The number of ether oxygens (including phenoxy) is 2. The number of hydrogen-bond acceptors (Lipinski definition) is 5. The molecule has 0 atom stereocenters. The van der Waals surface area contributed by atoms with Crippen LogP contribution in [0.25, 0.3) is 6.08 Å². The number of aryl methyl sites for hydroxylation is 1. The van der Waals surface area contributed by atoms with Gasteiger partial charge in [0, 0.05) is 0 Å². The fraction of sp³-hybridized carbons (Fsp3) is 0.150. The van der Waals surface area contributed by atoms with Crippen molar-refractivity contribution in [1.82, 2.24) is 5.32 Å². The summed E-state index contributed by atoms with van der Waals surface area (Å²) in [6, 6.07) is 11.4. The summed E-state index contributed by atoms with van der Waals surface area (Å²) in [6.07, 6.45) is 2.27. The second-order valence-corrected chi connectivity index (χ2v) is 6.09. The van der Waals surface area contributed by atoms with E-state index in [9.17, 15) is 14.4 Å². The number of rotatable bonds is 3. The van der Waals surface area contributed by atoms with Gasteiger partial charge < -0.3 is 9.47 Å². The Morgan fingerprint density at radius 1 is 1.04 bits per heavy atom. The summed E-state index contributed by atoms with van der Waals surface area (Å²) >= 11 is 0. The average Bonchev–Trinajstić information content (AvgIpc) is 3.13. The lowest BCUT2D eigenvalue weighted by Crippen LogP contribution is -2.54. The molecule has 0 saturated carbocycles. The Labute approximate surface area is 155 Å². The number of hydrogen-bond donors (Lipinski definition) is 1. The number of anilines is 1. The van der Waals surface area contributed by atoms with E-state index in [1.807, 2.05) is 19.1 Å². The first-order valence-electron chi connectivity index (χ1n) is 8.47. The van der Waals surface area contributed by atoms with Gasteiger partial charge in [-0.2, -0.15) is 0 Å². The van der Waals surface area contributed by atoms with Crippen molar-refractivity contribution in [3.05, 3.63) is 59.2 Å². The Kier molecular flexibility index (Phi) is 4.12. The predicted molar refractivity (Wildman–Crippen MR) is 97.4 cm³/mol. The van der Waals surface area contributed by atoms with Gasteiger partial charge in [-0.3, -0.25) is 14.9 Å². The highest BCUT2D eigenvalue weighted by Gasteiger charge is 2.36. The molecule has 2 heterocycles. The van der Waals surface area contributed by atoms with Gasteiger partial charge in [-0.1, -0.05) is 25.1 Å². The molecule has 0 spiro atoms. The first kappa shape index (κ1) is 16.8. The maximum Gasteiger partial charge on any atom is 0.335 e. The van der Waals surface area contributed by atoms with Gasteiger partial charge in [0.1, 0.15) is 5.57 Å². The Morgan fingerprint density at radius 3 is 2.52 bits per heavy atom. The number of amides is 4. The van der Waals surface area contributed by atoms with E-state index < -0.39 is 17.8 Å². The number of fused-ring (bicyclic) bond motifs is 1. The van der Waals surface area contributed by atoms with Crippen molar-refractivity contribution in [2.75, 3.05) is 11.7 Å². The van der Waals surface area contributed by atoms with Gasteiger partial charge in [0.2, 0.25) is 6.79 Å². The highest BCUT2D eigenvalue weighted by molar-refractivity contribution is 6.39. The molecule has 0 unspecified atom stereocenters. The van der Waals surface area contributed by atoms with Crippen LogP contribution >= 0.6 is 0 Å². The molecule has 4 rings (SSSR count). The van der Waals surface area contributed by atoms with E-state index in [0.29, 0.717) is 22.7 Å². The molecule has 7 nitrogen and oxygen atoms in total. The summed E-state index contributed by atoms with van der Waals surface area (Å²) in [4.78, 5) is 38.3. The van der Waals surface area contributed by atoms with E-state index in [1.165, 1.54) is 6.08 Å². The summed E-state index contributed by atoms with van der Waals surface area (Å²) in [5.74, 6) is -0.268. The molecule has 2 aromatic carbocycles. The minimum Gasteiger partial charge on any atom is -0.454 e. The average molecular weight is 364 g/mol. The van der Waals surface area contributed by atoms with Gasteiger partial charge in [0.25, 0.3) is 11.8 Å². The number of urea groups is 1. The minimum absolute atomic E-state index is 0.130. The molecule has 0 aromatic heterocycles. The standard InChI is InChI=1S/C20H16N2O5/c1-2-12-3-6-14(7-4-12)22-19(24)15(18(23)21-20(22)25)9-13-5-8-16-17(10-13)27-11-26-16/h3-10H,2,11H2,1H3,(H,21,23,25)/b15-9-. The molecule has 27 heavy (non-hydrogen) atoms. The van der Waals surface area contributed by atoms with Crippen LogP contribution < -0.4 is 19.7 Å². The number of barbiturate groups is 1. The van der Waals surface area contributed by atoms with Crippen molar-refractivity contribution in [2.24, 2.45) is 0 Å². The second-order valence-electron chi connectivity index (χ2n) is 6.09. The number of nitrogens with one attached hydrogen (secondary N) is 1.